The monoisotopic (exact) mass is 171 g/mol. The van der Waals surface area contributed by atoms with Gasteiger partial charge in [-0.05, 0) is 24.8 Å². The second kappa shape index (κ2) is 3.41. The van der Waals surface area contributed by atoms with Crippen molar-refractivity contribution in [3.8, 4) is 0 Å². The molecule has 1 fully saturated rings. The van der Waals surface area contributed by atoms with E-state index < -0.39 is 0 Å². The standard InChI is InChI=1S/C8H17N3O/c1-8(2)4-3-5-10-6(8)7(12)11-9/h6,10H,3-5,9H2,1-2H3,(H,11,12). The van der Waals surface area contributed by atoms with Crippen LogP contribution in [0.5, 0.6) is 0 Å². The number of nitrogens with two attached hydrogens (primary N) is 1. The van der Waals surface area contributed by atoms with Gasteiger partial charge in [0.15, 0.2) is 0 Å². The van der Waals surface area contributed by atoms with Crippen molar-refractivity contribution in [2.75, 3.05) is 6.54 Å². The molecule has 0 bridgehead atoms. The summed E-state index contributed by atoms with van der Waals surface area (Å²) in [6.45, 7) is 5.07. The molecule has 70 valence electrons. The molecule has 1 heterocycles. The number of piperidine rings is 1. The molecule has 4 N–H and O–H groups in total. The number of carbonyl (C=O) groups is 1. The summed E-state index contributed by atoms with van der Waals surface area (Å²) in [6, 6.07) is -0.142. The average Bonchev–Trinajstić information content (AvgIpc) is 2.02. The molecule has 0 radical (unpaired) electrons. The highest BCUT2D eigenvalue weighted by atomic mass is 16.2. The van der Waals surface area contributed by atoms with Gasteiger partial charge in [0.2, 0.25) is 0 Å². The summed E-state index contributed by atoms with van der Waals surface area (Å²) >= 11 is 0. The summed E-state index contributed by atoms with van der Waals surface area (Å²) < 4.78 is 0. The van der Waals surface area contributed by atoms with Crippen molar-refractivity contribution in [1.29, 1.82) is 0 Å². The molecule has 1 saturated heterocycles. The molecule has 0 aliphatic carbocycles. The van der Waals surface area contributed by atoms with Gasteiger partial charge < -0.3 is 5.32 Å². The third-order valence-electron chi connectivity index (χ3n) is 2.53. The minimum Gasteiger partial charge on any atom is -0.305 e. The summed E-state index contributed by atoms with van der Waals surface area (Å²) in [5.74, 6) is 4.97. The molecular formula is C8H17N3O. The van der Waals surface area contributed by atoms with Crippen molar-refractivity contribution in [1.82, 2.24) is 10.7 Å². The highest BCUT2D eigenvalue weighted by Gasteiger charge is 2.36. The lowest BCUT2D eigenvalue weighted by atomic mass is 9.77. The number of rotatable bonds is 1. The Labute approximate surface area is 72.9 Å². The fourth-order valence-corrected chi connectivity index (χ4v) is 1.74. The highest BCUT2D eigenvalue weighted by molar-refractivity contribution is 5.82. The zero-order chi connectivity index (χ0) is 9.19. The van der Waals surface area contributed by atoms with Gasteiger partial charge in [0, 0.05) is 0 Å². The summed E-state index contributed by atoms with van der Waals surface area (Å²) in [4.78, 5) is 11.3. The minimum atomic E-state index is -0.142. The molecule has 0 aromatic rings. The SMILES string of the molecule is CC1(C)CCCNC1C(=O)NN. The summed E-state index contributed by atoms with van der Waals surface area (Å²) in [5, 5.41) is 3.17. The van der Waals surface area contributed by atoms with E-state index in [9.17, 15) is 4.79 Å². The Morgan fingerprint density at radius 3 is 2.83 bits per heavy atom. The fourth-order valence-electron chi connectivity index (χ4n) is 1.74. The van der Waals surface area contributed by atoms with Crippen molar-refractivity contribution in [2.45, 2.75) is 32.7 Å². The zero-order valence-corrected chi connectivity index (χ0v) is 7.68. The quantitative estimate of drug-likeness (QED) is 0.290. The Kier molecular flexibility index (Phi) is 2.69. The Balaban J connectivity index is 2.66. The first-order valence-electron chi connectivity index (χ1n) is 4.32. The van der Waals surface area contributed by atoms with Crippen molar-refractivity contribution < 1.29 is 4.79 Å². The van der Waals surface area contributed by atoms with Gasteiger partial charge in [-0.1, -0.05) is 13.8 Å². The van der Waals surface area contributed by atoms with Crippen molar-refractivity contribution in [3.05, 3.63) is 0 Å². The second-order valence-corrected chi connectivity index (χ2v) is 3.99. The molecule has 1 amide bonds. The molecule has 0 aromatic carbocycles. The largest absolute Gasteiger partial charge is 0.305 e. The topological polar surface area (TPSA) is 67.2 Å². The van der Waals surface area contributed by atoms with E-state index in [1.54, 1.807) is 0 Å². The summed E-state index contributed by atoms with van der Waals surface area (Å²) in [5.41, 5.74) is 2.20. The molecule has 1 rings (SSSR count). The molecule has 1 aliphatic heterocycles. The number of nitrogens with one attached hydrogen (secondary N) is 2. The predicted octanol–water partition coefficient (Wildman–Crippen LogP) is -0.245. The number of carbonyl (C=O) groups excluding carboxylic acids is 1. The van der Waals surface area contributed by atoms with Crippen LogP contribution in [0.4, 0.5) is 0 Å². The smallest absolute Gasteiger partial charge is 0.251 e. The van der Waals surface area contributed by atoms with Gasteiger partial charge in [0.25, 0.3) is 5.91 Å². The van der Waals surface area contributed by atoms with Crippen LogP contribution in [0.25, 0.3) is 0 Å². The van der Waals surface area contributed by atoms with Gasteiger partial charge >= 0.3 is 0 Å². The fraction of sp³-hybridized carbons (Fsp3) is 0.875. The van der Waals surface area contributed by atoms with Crippen LogP contribution in [0.1, 0.15) is 26.7 Å². The zero-order valence-electron chi connectivity index (χ0n) is 7.68. The van der Waals surface area contributed by atoms with Crippen LogP contribution in [-0.2, 0) is 4.79 Å². The lowest BCUT2D eigenvalue weighted by Gasteiger charge is -2.37. The Morgan fingerprint density at radius 2 is 2.33 bits per heavy atom. The molecule has 1 aliphatic rings. The van der Waals surface area contributed by atoms with Crippen LogP contribution in [0.2, 0.25) is 0 Å². The molecule has 4 heteroatoms. The van der Waals surface area contributed by atoms with E-state index in [1.165, 1.54) is 0 Å². The van der Waals surface area contributed by atoms with Gasteiger partial charge in [-0.2, -0.15) is 0 Å². The highest BCUT2D eigenvalue weighted by Crippen LogP contribution is 2.29. The number of hydrazine groups is 1. The summed E-state index contributed by atoms with van der Waals surface area (Å²) in [7, 11) is 0. The summed E-state index contributed by atoms with van der Waals surface area (Å²) in [6.07, 6.45) is 2.19. The van der Waals surface area contributed by atoms with Crippen LogP contribution in [0, 0.1) is 5.41 Å². The molecule has 0 spiro atoms. The lowest BCUT2D eigenvalue weighted by Crippen LogP contribution is -2.56. The molecule has 12 heavy (non-hydrogen) atoms. The number of amides is 1. The van der Waals surface area contributed by atoms with E-state index in [1.807, 2.05) is 0 Å². The van der Waals surface area contributed by atoms with E-state index in [-0.39, 0.29) is 17.4 Å². The predicted molar refractivity (Wildman–Crippen MR) is 47.1 cm³/mol. The first kappa shape index (κ1) is 9.48. The molecule has 1 unspecified atom stereocenters. The van der Waals surface area contributed by atoms with Gasteiger partial charge in [0.1, 0.15) is 0 Å². The van der Waals surface area contributed by atoms with E-state index in [2.05, 4.69) is 24.6 Å². The van der Waals surface area contributed by atoms with Crippen LogP contribution < -0.4 is 16.6 Å². The molecule has 1 atom stereocenters. The Morgan fingerprint density at radius 1 is 1.67 bits per heavy atom. The van der Waals surface area contributed by atoms with Crippen molar-refractivity contribution in [2.24, 2.45) is 11.3 Å². The van der Waals surface area contributed by atoms with Crippen LogP contribution in [0.3, 0.4) is 0 Å². The Hall–Kier alpha value is -0.610. The second-order valence-electron chi connectivity index (χ2n) is 3.99. The minimum absolute atomic E-state index is 0.0156. The first-order valence-corrected chi connectivity index (χ1v) is 4.32. The van der Waals surface area contributed by atoms with Crippen molar-refractivity contribution in [3.63, 3.8) is 0 Å². The Bertz CT molecular complexity index is 179. The third-order valence-corrected chi connectivity index (χ3v) is 2.53. The molecular weight excluding hydrogens is 154 g/mol. The maximum Gasteiger partial charge on any atom is 0.251 e. The molecule has 4 nitrogen and oxygen atoms in total. The van der Waals surface area contributed by atoms with E-state index in [0.29, 0.717) is 0 Å². The average molecular weight is 171 g/mol. The number of hydrogen-bond donors (Lipinski definition) is 3. The van der Waals surface area contributed by atoms with Gasteiger partial charge in [0.05, 0.1) is 6.04 Å². The van der Waals surface area contributed by atoms with Crippen LogP contribution in [0.15, 0.2) is 0 Å². The molecule has 0 aromatic heterocycles. The van der Waals surface area contributed by atoms with E-state index in [4.69, 9.17) is 5.84 Å². The van der Waals surface area contributed by atoms with Gasteiger partial charge in [-0.3, -0.25) is 10.2 Å². The third kappa shape index (κ3) is 1.76. The van der Waals surface area contributed by atoms with Gasteiger partial charge in [-0.25, -0.2) is 5.84 Å². The maximum absolute atomic E-state index is 11.3. The number of hydrogen-bond acceptors (Lipinski definition) is 3. The van der Waals surface area contributed by atoms with Crippen LogP contribution in [-0.4, -0.2) is 18.5 Å². The first-order chi connectivity index (χ1) is 5.58. The van der Waals surface area contributed by atoms with Crippen molar-refractivity contribution >= 4 is 5.91 Å². The normalized spacial score (nSPS) is 28.1. The van der Waals surface area contributed by atoms with E-state index >= 15 is 0 Å². The van der Waals surface area contributed by atoms with Gasteiger partial charge in [-0.15, -0.1) is 0 Å². The molecule has 0 saturated carbocycles. The maximum atomic E-state index is 11.3. The van der Waals surface area contributed by atoms with Crippen LogP contribution >= 0.6 is 0 Å². The lowest BCUT2D eigenvalue weighted by molar-refractivity contribution is -0.126. The van der Waals surface area contributed by atoms with E-state index in [0.717, 1.165) is 19.4 Å².